The fourth-order valence-corrected chi connectivity index (χ4v) is 1.79. The molecule has 0 fully saturated rings. The third-order valence-electron chi connectivity index (χ3n) is 2.31. The van der Waals surface area contributed by atoms with Gasteiger partial charge in [-0.05, 0) is 24.6 Å². The van der Waals surface area contributed by atoms with E-state index in [4.69, 9.17) is 9.84 Å². The molecule has 0 bridgehead atoms. The number of hydrogen-bond donors (Lipinski definition) is 2. The Balaban J connectivity index is 2.62. The Morgan fingerprint density at radius 3 is 2.74 bits per heavy atom. The van der Waals surface area contributed by atoms with Crippen LogP contribution in [0.5, 0.6) is 0 Å². The number of nitrogens with one attached hydrogen (secondary N) is 1. The van der Waals surface area contributed by atoms with Crippen LogP contribution < -0.4 is 5.32 Å². The summed E-state index contributed by atoms with van der Waals surface area (Å²) in [5.41, 5.74) is 0.341. The van der Waals surface area contributed by atoms with Gasteiger partial charge in [0.15, 0.2) is 0 Å². The van der Waals surface area contributed by atoms with Gasteiger partial charge in [-0.3, -0.25) is 4.79 Å². The molecule has 5 nitrogen and oxygen atoms in total. The zero-order chi connectivity index (χ0) is 14.3. The normalized spacial score (nSPS) is 10.2. The predicted octanol–water partition coefficient (Wildman–Crippen LogP) is 2.90. The molecule has 2 N–H and O–H groups in total. The van der Waals surface area contributed by atoms with E-state index in [1.54, 1.807) is 12.1 Å². The van der Waals surface area contributed by atoms with Gasteiger partial charge >= 0.3 is 5.97 Å². The summed E-state index contributed by atoms with van der Waals surface area (Å²) in [7, 11) is 0. The monoisotopic (exact) mass is 329 g/mol. The Morgan fingerprint density at radius 2 is 2.11 bits per heavy atom. The van der Waals surface area contributed by atoms with Gasteiger partial charge in [0.25, 0.3) is 0 Å². The van der Waals surface area contributed by atoms with Gasteiger partial charge in [-0.25, -0.2) is 4.79 Å². The summed E-state index contributed by atoms with van der Waals surface area (Å²) in [5, 5.41) is 11.6. The first-order chi connectivity index (χ1) is 9.04. The lowest BCUT2D eigenvalue weighted by Gasteiger charge is -2.09. The molecule has 1 amide bonds. The van der Waals surface area contributed by atoms with Gasteiger partial charge in [0, 0.05) is 11.1 Å². The zero-order valence-electron chi connectivity index (χ0n) is 10.6. The molecule has 0 aliphatic rings. The number of aromatic carboxylic acids is 1. The van der Waals surface area contributed by atoms with Gasteiger partial charge in [0.05, 0.1) is 24.3 Å². The first-order valence-electron chi connectivity index (χ1n) is 5.95. The number of carbonyl (C=O) groups is 2. The number of carboxylic acids is 1. The van der Waals surface area contributed by atoms with E-state index in [-0.39, 0.29) is 23.6 Å². The van der Waals surface area contributed by atoms with Crippen LogP contribution in [0.25, 0.3) is 0 Å². The number of amides is 1. The Kier molecular flexibility index (Phi) is 6.52. The number of carboxylic acid groups (broad SMARTS) is 1. The van der Waals surface area contributed by atoms with Crippen molar-refractivity contribution in [3.8, 4) is 0 Å². The van der Waals surface area contributed by atoms with Crippen LogP contribution >= 0.6 is 15.9 Å². The van der Waals surface area contributed by atoms with Crippen molar-refractivity contribution in [3.63, 3.8) is 0 Å². The first kappa shape index (κ1) is 15.7. The molecule has 0 aliphatic heterocycles. The summed E-state index contributed by atoms with van der Waals surface area (Å²) < 4.78 is 5.91. The van der Waals surface area contributed by atoms with E-state index in [1.807, 2.05) is 6.92 Å². The maximum atomic E-state index is 11.7. The van der Waals surface area contributed by atoms with E-state index in [0.29, 0.717) is 17.7 Å². The van der Waals surface area contributed by atoms with Gasteiger partial charge in [-0.15, -0.1) is 0 Å². The second-order valence-electron chi connectivity index (χ2n) is 3.91. The van der Waals surface area contributed by atoms with E-state index in [0.717, 1.165) is 6.42 Å². The van der Waals surface area contributed by atoms with E-state index in [2.05, 4.69) is 21.2 Å². The van der Waals surface area contributed by atoms with E-state index in [9.17, 15) is 9.59 Å². The van der Waals surface area contributed by atoms with Crippen molar-refractivity contribution in [1.82, 2.24) is 0 Å². The third-order valence-corrected chi connectivity index (χ3v) is 2.80. The smallest absolute Gasteiger partial charge is 0.337 e. The standard InChI is InChI=1S/C13H16BrNO4/c1-2-6-19-7-5-12(16)15-11-8-9(14)3-4-10(11)13(17)18/h3-4,8H,2,5-7H2,1H3,(H,15,16)(H,17,18). The predicted molar refractivity (Wildman–Crippen MR) is 75.5 cm³/mol. The number of hydrogen-bond acceptors (Lipinski definition) is 3. The number of rotatable bonds is 7. The molecule has 0 aromatic heterocycles. The largest absolute Gasteiger partial charge is 0.478 e. The Bertz CT molecular complexity index is 462. The van der Waals surface area contributed by atoms with Crippen LogP contribution in [0.3, 0.4) is 0 Å². The van der Waals surface area contributed by atoms with E-state index < -0.39 is 5.97 Å². The number of halogens is 1. The molecule has 0 atom stereocenters. The summed E-state index contributed by atoms with van der Waals surface area (Å²) in [5.74, 6) is -1.35. The fraction of sp³-hybridized carbons (Fsp3) is 0.385. The van der Waals surface area contributed by atoms with E-state index >= 15 is 0 Å². The molecule has 0 aliphatic carbocycles. The van der Waals surface area contributed by atoms with Crippen LogP contribution in [0.2, 0.25) is 0 Å². The summed E-state index contributed by atoms with van der Waals surface area (Å²) in [6.45, 7) is 2.93. The molecule has 6 heteroatoms. The Labute approximate surface area is 120 Å². The minimum atomic E-state index is -1.08. The highest BCUT2D eigenvalue weighted by Crippen LogP contribution is 2.21. The van der Waals surface area contributed by atoms with Crippen LogP contribution in [0.4, 0.5) is 5.69 Å². The molecule has 0 radical (unpaired) electrons. The van der Waals surface area contributed by atoms with Crippen molar-refractivity contribution < 1.29 is 19.4 Å². The van der Waals surface area contributed by atoms with Crippen molar-refractivity contribution in [2.45, 2.75) is 19.8 Å². The van der Waals surface area contributed by atoms with Gasteiger partial charge in [-0.1, -0.05) is 22.9 Å². The molecule has 19 heavy (non-hydrogen) atoms. The summed E-state index contributed by atoms with van der Waals surface area (Å²) in [6, 6.07) is 4.62. The topological polar surface area (TPSA) is 75.6 Å². The maximum Gasteiger partial charge on any atom is 0.337 e. The van der Waals surface area contributed by atoms with Crippen LogP contribution in [-0.2, 0) is 9.53 Å². The zero-order valence-corrected chi connectivity index (χ0v) is 12.2. The lowest BCUT2D eigenvalue weighted by atomic mass is 10.2. The Hall–Kier alpha value is -1.40. The molecule has 0 saturated heterocycles. The molecule has 0 saturated carbocycles. The molecule has 1 rings (SSSR count). The van der Waals surface area contributed by atoms with Gasteiger partial charge in [0.1, 0.15) is 0 Å². The lowest BCUT2D eigenvalue weighted by Crippen LogP contribution is -2.16. The number of anilines is 1. The van der Waals surface area contributed by atoms with Crippen LogP contribution in [0, 0.1) is 0 Å². The van der Waals surface area contributed by atoms with Crippen LogP contribution in [-0.4, -0.2) is 30.2 Å². The molecular weight excluding hydrogens is 314 g/mol. The summed E-state index contributed by atoms with van der Waals surface area (Å²) in [6.07, 6.45) is 1.10. The molecule has 0 unspecified atom stereocenters. The van der Waals surface area contributed by atoms with Crippen LogP contribution in [0.15, 0.2) is 22.7 Å². The number of ether oxygens (including phenoxy) is 1. The second-order valence-corrected chi connectivity index (χ2v) is 4.82. The summed E-state index contributed by atoms with van der Waals surface area (Å²) in [4.78, 5) is 22.7. The quantitative estimate of drug-likeness (QED) is 0.754. The summed E-state index contributed by atoms with van der Waals surface area (Å²) >= 11 is 3.24. The minimum absolute atomic E-state index is 0.0611. The van der Waals surface area contributed by atoms with Crippen molar-refractivity contribution in [2.75, 3.05) is 18.5 Å². The van der Waals surface area contributed by atoms with Gasteiger partial charge in [-0.2, -0.15) is 0 Å². The Morgan fingerprint density at radius 1 is 1.37 bits per heavy atom. The lowest BCUT2D eigenvalue weighted by molar-refractivity contribution is -0.117. The molecule has 1 aromatic carbocycles. The van der Waals surface area contributed by atoms with Crippen molar-refractivity contribution >= 4 is 33.5 Å². The highest BCUT2D eigenvalue weighted by Gasteiger charge is 2.12. The van der Waals surface area contributed by atoms with Gasteiger partial charge in [0.2, 0.25) is 5.91 Å². The van der Waals surface area contributed by atoms with Crippen molar-refractivity contribution in [2.24, 2.45) is 0 Å². The third kappa shape index (κ3) is 5.40. The molecular formula is C13H16BrNO4. The SMILES string of the molecule is CCCOCCC(=O)Nc1cc(Br)ccc1C(=O)O. The van der Waals surface area contributed by atoms with Gasteiger partial charge < -0.3 is 15.2 Å². The fourth-order valence-electron chi connectivity index (χ4n) is 1.43. The average molecular weight is 330 g/mol. The molecule has 104 valence electrons. The minimum Gasteiger partial charge on any atom is -0.478 e. The average Bonchev–Trinajstić information content (AvgIpc) is 2.34. The molecule has 0 heterocycles. The van der Waals surface area contributed by atoms with Crippen molar-refractivity contribution in [3.05, 3.63) is 28.2 Å². The van der Waals surface area contributed by atoms with Crippen molar-refractivity contribution in [1.29, 1.82) is 0 Å². The maximum absolute atomic E-state index is 11.7. The second kappa shape index (κ2) is 7.91. The highest BCUT2D eigenvalue weighted by molar-refractivity contribution is 9.10. The number of carbonyl (C=O) groups excluding carboxylic acids is 1. The highest BCUT2D eigenvalue weighted by atomic mass is 79.9. The van der Waals surface area contributed by atoms with Crippen LogP contribution in [0.1, 0.15) is 30.1 Å². The number of benzene rings is 1. The molecule has 0 spiro atoms. The first-order valence-corrected chi connectivity index (χ1v) is 6.74. The van der Waals surface area contributed by atoms with E-state index in [1.165, 1.54) is 6.07 Å². The molecule has 1 aromatic rings.